The Morgan fingerprint density at radius 2 is 1.92 bits per heavy atom. The number of hydrogen-bond acceptors (Lipinski definition) is 6. The van der Waals surface area contributed by atoms with Crippen molar-refractivity contribution in [3.8, 4) is 0 Å². The molecule has 1 aliphatic carbocycles. The van der Waals surface area contributed by atoms with Gasteiger partial charge in [0.15, 0.2) is 11.6 Å². The van der Waals surface area contributed by atoms with Crippen LogP contribution in [0.25, 0.3) is 0 Å². The highest BCUT2D eigenvalue weighted by atomic mass is 15.3. The number of hydrogen-bond donors (Lipinski definition) is 2. The third-order valence-corrected chi connectivity index (χ3v) is 5.49. The maximum Gasteiger partial charge on any atom is 0.159 e. The third-order valence-electron chi connectivity index (χ3n) is 5.49. The van der Waals surface area contributed by atoms with Crippen LogP contribution < -0.4 is 16.0 Å². The monoisotopic (exact) mass is 338 g/mol. The van der Waals surface area contributed by atoms with E-state index in [1.807, 2.05) is 12.1 Å². The number of nitrogens with zero attached hydrogens (tertiary/aromatic N) is 4. The molecule has 1 saturated heterocycles. The first-order valence-corrected chi connectivity index (χ1v) is 8.89. The molecule has 1 aliphatic heterocycles. The SMILES string of the molecule is CC1(C)CC2CC(C)(CN2c2ncnc(Nc3ccncc3)c2N)C1. The van der Waals surface area contributed by atoms with Gasteiger partial charge in [-0.2, -0.15) is 0 Å². The van der Waals surface area contributed by atoms with Crippen molar-refractivity contribution >= 4 is 23.0 Å². The van der Waals surface area contributed by atoms with Crippen molar-refractivity contribution in [2.75, 3.05) is 22.5 Å². The molecule has 0 aromatic carbocycles. The van der Waals surface area contributed by atoms with Crippen molar-refractivity contribution in [3.63, 3.8) is 0 Å². The fraction of sp³-hybridized carbons (Fsp3) is 0.526. The molecule has 2 unspecified atom stereocenters. The van der Waals surface area contributed by atoms with E-state index in [-0.39, 0.29) is 0 Å². The maximum atomic E-state index is 6.46. The molecule has 1 saturated carbocycles. The molecule has 4 rings (SSSR count). The normalized spacial score (nSPS) is 27.3. The lowest BCUT2D eigenvalue weighted by Gasteiger charge is -2.39. The van der Waals surface area contributed by atoms with E-state index in [0.717, 1.165) is 18.1 Å². The molecular weight excluding hydrogens is 312 g/mol. The van der Waals surface area contributed by atoms with Gasteiger partial charge in [0.25, 0.3) is 0 Å². The minimum absolute atomic E-state index is 0.336. The summed E-state index contributed by atoms with van der Waals surface area (Å²) >= 11 is 0. The molecule has 3 heterocycles. The maximum absolute atomic E-state index is 6.46. The Balaban J connectivity index is 1.65. The first-order chi connectivity index (χ1) is 11.9. The van der Waals surface area contributed by atoms with Gasteiger partial charge >= 0.3 is 0 Å². The molecule has 2 atom stereocenters. The van der Waals surface area contributed by atoms with Gasteiger partial charge in [-0.05, 0) is 42.2 Å². The van der Waals surface area contributed by atoms with Gasteiger partial charge in [0.2, 0.25) is 0 Å². The standard InChI is InChI=1S/C19H26N6/c1-18(2)8-14-9-19(3,10-18)11-25(14)17-15(20)16(22-12-23-17)24-13-4-6-21-7-5-13/h4-7,12,14H,8-11,20H2,1-3H3,(H,21,22,23,24). The summed E-state index contributed by atoms with van der Waals surface area (Å²) in [5.41, 5.74) is 8.70. The number of aromatic nitrogens is 3. The van der Waals surface area contributed by atoms with Gasteiger partial charge in [-0.15, -0.1) is 0 Å². The fourth-order valence-electron chi connectivity index (χ4n) is 4.99. The molecule has 6 nitrogen and oxygen atoms in total. The lowest BCUT2D eigenvalue weighted by Crippen LogP contribution is -2.35. The van der Waals surface area contributed by atoms with E-state index >= 15 is 0 Å². The minimum Gasteiger partial charge on any atom is -0.393 e. The summed E-state index contributed by atoms with van der Waals surface area (Å²) in [6.07, 6.45) is 8.73. The Hall–Kier alpha value is -2.37. The van der Waals surface area contributed by atoms with Crippen LogP contribution in [0.2, 0.25) is 0 Å². The van der Waals surface area contributed by atoms with Crippen molar-refractivity contribution in [3.05, 3.63) is 30.9 Å². The van der Waals surface area contributed by atoms with E-state index < -0.39 is 0 Å². The highest BCUT2D eigenvalue weighted by Crippen LogP contribution is 2.54. The summed E-state index contributed by atoms with van der Waals surface area (Å²) < 4.78 is 0. The van der Waals surface area contributed by atoms with Crippen LogP contribution in [0.15, 0.2) is 30.9 Å². The largest absolute Gasteiger partial charge is 0.393 e. The lowest BCUT2D eigenvalue weighted by atomic mass is 9.65. The molecule has 2 aliphatic rings. The second kappa shape index (κ2) is 5.58. The molecule has 2 fully saturated rings. The lowest BCUT2D eigenvalue weighted by molar-refractivity contribution is 0.136. The van der Waals surface area contributed by atoms with Crippen LogP contribution >= 0.6 is 0 Å². The number of rotatable bonds is 3. The number of pyridine rings is 1. The second-order valence-electron chi connectivity index (χ2n) is 8.66. The van der Waals surface area contributed by atoms with Crippen LogP contribution in [0.5, 0.6) is 0 Å². The summed E-state index contributed by atoms with van der Waals surface area (Å²) in [6.45, 7) is 8.16. The zero-order valence-corrected chi connectivity index (χ0v) is 15.2. The molecule has 6 heteroatoms. The van der Waals surface area contributed by atoms with Crippen molar-refractivity contribution in [1.82, 2.24) is 15.0 Å². The van der Waals surface area contributed by atoms with E-state index in [0.29, 0.717) is 28.4 Å². The fourth-order valence-corrected chi connectivity index (χ4v) is 4.99. The Morgan fingerprint density at radius 3 is 2.68 bits per heavy atom. The first kappa shape index (κ1) is 16.1. The van der Waals surface area contributed by atoms with E-state index in [1.54, 1.807) is 18.7 Å². The Labute approximate surface area is 148 Å². The molecular formula is C19H26N6. The summed E-state index contributed by atoms with van der Waals surface area (Å²) in [5, 5.41) is 3.28. The van der Waals surface area contributed by atoms with Crippen LogP contribution in [0.1, 0.15) is 40.0 Å². The van der Waals surface area contributed by atoms with Gasteiger partial charge in [-0.25, -0.2) is 9.97 Å². The van der Waals surface area contributed by atoms with Crippen LogP contribution in [0, 0.1) is 10.8 Å². The average molecular weight is 338 g/mol. The second-order valence-corrected chi connectivity index (χ2v) is 8.66. The van der Waals surface area contributed by atoms with E-state index in [9.17, 15) is 0 Å². The van der Waals surface area contributed by atoms with Crippen LogP contribution in [0.3, 0.4) is 0 Å². The van der Waals surface area contributed by atoms with Crippen LogP contribution in [-0.2, 0) is 0 Å². The summed E-state index contributed by atoms with van der Waals surface area (Å²) in [5.74, 6) is 1.51. The van der Waals surface area contributed by atoms with E-state index in [4.69, 9.17) is 5.73 Å². The minimum atomic E-state index is 0.336. The molecule has 3 N–H and O–H groups in total. The summed E-state index contributed by atoms with van der Waals surface area (Å²) in [7, 11) is 0. The van der Waals surface area contributed by atoms with Gasteiger partial charge < -0.3 is 16.0 Å². The number of nitrogens with one attached hydrogen (secondary N) is 1. The van der Waals surface area contributed by atoms with E-state index in [1.165, 1.54) is 19.3 Å². The third kappa shape index (κ3) is 3.01. The van der Waals surface area contributed by atoms with Gasteiger partial charge in [0.05, 0.1) is 0 Å². The highest BCUT2D eigenvalue weighted by Gasteiger charge is 2.50. The highest BCUT2D eigenvalue weighted by molar-refractivity contribution is 5.78. The first-order valence-electron chi connectivity index (χ1n) is 8.89. The van der Waals surface area contributed by atoms with Gasteiger partial charge in [-0.3, -0.25) is 4.98 Å². The number of nitrogens with two attached hydrogens (primary N) is 1. The van der Waals surface area contributed by atoms with Crippen molar-refractivity contribution in [1.29, 1.82) is 0 Å². The molecule has 0 spiro atoms. The van der Waals surface area contributed by atoms with Crippen molar-refractivity contribution in [2.45, 2.75) is 46.1 Å². The number of nitrogen functional groups attached to an aromatic ring is 1. The zero-order valence-electron chi connectivity index (χ0n) is 15.2. The van der Waals surface area contributed by atoms with Gasteiger partial charge in [-0.1, -0.05) is 20.8 Å². The summed E-state index contributed by atoms with van der Waals surface area (Å²) in [4.78, 5) is 15.3. The summed E-state index contributed by atoms with van der Waals surface area (Å²) in [6, 6.07) is 4.29. The van der Waals surface area contributed by atoms with Gasteiger partial charge in [0.1, 0.15) is 12.0 Å². The number of fused-ring (bicyclic) bond motifs is 2. The molecule has 25 heavy (non-hydrogen) atoms. The molecule has 0 amide bonds. The quantitative estimate of drug-likeness (QED) is 0.890. The van der Waals surface area contributed by atoms with Crippen LogP contribution in [0.4, 0.5) is 23.0 Å². The Kier molecular flexibility index (Phi) is 3.60. The molecule has 2 aromatic rings. The predicted molar refractivity (Wildman–Crippen MR) is 101 cm³/mol. The van der Waals surface area contributed by atoms with Crippen molar-refractivity contribution in [2.24, 2.45) is 10.8 Å². The van der Waals surface area contributed by atoms with Gasteiger partial charge in [0, 0.05) is 30.7 Å². The Bertz CT molecular complexity index is 775. The zero-order chi connectivity index (χ0) is 17.7. The predicted octanol–water partition coefficient (Wildman–Crippen LogP) is 3.60. The molecule has 2 bridgehead atoms. The number of anilines is 4. The molecule has 2 aromatic heterocycles. The van der Waals surface area contributed by atoms with Crippen LogP contribution in [-0.4, -0.2) is 27.5 Å². The molecule has 132 valence electrons. The molecule has 0 radical (unpaired) electrons. The van der Waals surface area contributed by atoms with Crippen molar-refractivity contribution < 1.29 is 0 Å². The Morgan fingerprint density at radius 1 is 1.16 bits per heavy atom. The average Bonchev–Trinajstić information content (AvgIpc) is 2.79. The van der Waals surface area contributed by atoms with E-state index in [2.05, 4.69) is 45.9 Å². The topological polar surface area (TPSA) is 80.0 Å². The smallest absolute Gasteiger partial charge is 0.159 e.